The predicted molar refractivity (Wildman–Crippen MR) is 91.0 cm³/mol. The summed E-state index contributed by atoms with van der Waals surface area (Å²) in [5, 5.41) is 9.23. The molecule has 1 aromatic carbocycles. The van der Waals surface area contributed by atoms with Crippen LogP contribution in [0, 0.1) is 16.9 Å². The zero-order chi connectivity index (χ0) is 16.0. The van der Waals surface area contributed by atoms with Crippen LogP contribution in [0.3, 0.4) is 0 Å². The third-order valence-electron chi connectivity index (χ3n) is 5.84. The molecule has 0 amide bonds. The molecule has 1 saturated carbocycles. The number of aliphatic imine (C=N–C) groups is 1. The van der Waals surface area contributed by atoms with Crippen molar-refractivity contribution in [2.24, 2.45) is 10.4 Å². The van der Waals surface area contributed by atoms with E-state index in [9.17, 15) is 5.26 Å². The standard InChI is InChI=1S/C18H21BrN2O/c1-17(2)15-5-4-12(19)10-14(15)16(21-11-20)18(17)8-6-13(22-3)7-9-18/h4-5,10,13H,6-9H2,1-3H3. The van der Waals surface area contributed by atoms with Gasteiger partial charge in [-0.1, -0.05) is 35.8 Å². The topological polar surface area (TPSA) is 45.4 Å². The third kappa shape index (κ3) is 2.06. The normalized spacial score (nSPS) is 31.2. The van der Waals surface area contributed by atoms with Gasteiger partial charge in [-0.05, 0) is 43.4 Å². The van der Waals surface area contributed by atoms with E-state index in [0.29, 0.717) is 6.10 Å². The Balaban J connectivity index is 2.15. The molecule has 0 aromatic heterocycles. The lowest BCUT2D eigenvalue weighted by Crippen LogP contribution is -2.45. The van der Waals surface area contributed by atoms with Crippen LogP contribution in [0.5, 0.6) is 0 Å². The van der Waals surface area contributed by atoms with E-state index in [-0.39, 0.29) is 10.8 Å². The minimum Gasteiger partial charge on any atom is -0.381 e. The van der Waals surface area contributed by atoms with Crippen LogP contribution in [0.2, 0.25) is 0 Å². The zero-order valence-corrected chi connectivity index (χ0v) is 14.9. The van der Waals surface area contributed by atoms with Crippen LogP contribution in [0.4, 0.5) is 0 Å². The summed E-state index contributed by atoms with van der Waals surface area (Å²) in [6.45, 7) is 4.60. The van der Waals surface area contributed by atoms with Crippen LogP contribution in [-0.2, 0) is 10.2 Å². The van der Waals surface area contributed by atoms with Crippen molar-refractivity contribution in [1.82, 2.24) is 0 Å². The second-order valence-corrected chi connectivity index (χ2v) is 7.81. The van der Waals surface area contributed by atoms with E-state index in [2.05, 4.69) is 53.0 Å². The number of hydrogen-bond acceptors (Lipinski definition) is 3. The van der Waals surface area contributed by atoms with Gasteiger partial charge in [0.15, 0.2) is 0 Å². The number of nitrogens with zero attached hydrogens (tertiary/aromatic N) is 2. The van der Waals surface area contributed by atoms with Crippen LogP contribution in [0.15, 0.2) is 27.7 Å². The maximum atomic E-state index is 9.23. The van der Waals surface area contributed by atoms with E-state index in [1.807, 2.05) is 6.19 Å². The Morgan fingerprint density at radius 2 is 2.00 bits per heavy atom. The van der Waals surface area contributed by atoms with Crippen LogP contribution >= 0.6 is 15.9 Å². The summed E-state index contributed by atoms with van der Waals surface area (Å²) in [5.74, 6) is 0. The Kier molecular flexibility index (Phi) is 3.91. The monoisotopic (exact) mass is 360 g/mol. The molecule has 0 bridgehead atoms. The molecule has 0 aliphatic heterocycles. The van der Waals surface area contributed by atoms with Gasteiger partial charge >= 0.3 is 0 Å². The molecule has 3 nitrogen and oxygen atoms in total. The number of rotatable bonds is 1. The average molecular weight is 361 g/mol. The molecule has 0 N–H and O–H groups in total. The van der Waals surface area contributed by atoms with Gasteiger partial charge in [0.2, 0.25) is 6.19 Å². The quantitative estimate of drug-likeness (QED) is 0.687. The van der Waals surface area contributed by atoms with Crippen molar-refractivity contribution in [2.45, 2.75) is 51.0 Å². The van der Waals surface area contributed by atoms with E-state index in [1.165, 1.54) is 5.56 Å². The number of benzene rings is 1. The van der Waals surface area contributed by atoms with Gasteiger partial charge in [-0.3, -0.25) is 0 Å². The number of fused-ring (bicyclic) bond motifs is 1. The first-order valence-electron chi connectivity index (χ1n) is 7.77. The molecule has 116 valence electrons. The molecule has 2 aliphatic rings. The van der Waals surface area contributed by atoms with Gasteiger partial charge in [0, 0.05) is 28.0 Å². The lowest BCUT2D eigenvalue weighted by atomic mass is 9.58. The summed E-state index contributed by atoms with van der Waals surface area (Å²) in [7, 11) is 1.79. The molecule has 0 unspecified atom stereocenters. The number of ether oxygens (including phenoxy) is 1. The smallest absolute Gasteiger partial charge is 0.205 e. The largest absolute Gasteiger partial charge is 0.381 e. The van der Waals surface area contributed by atoms with Crippen LogP contribution in [0.25, 0.3) is 0 Å². The van der Waals surface area contributed by atoms with Gasteiger partial charge in [0.25, 0.3) is 0 Å². The number of hydrogen-bond donors (Lipinski definition) is 0. The first-order valence-corrected chi connectivity index (χ1v) is 8.56. The molecule has 22 heavy (non-hydrogen) atoms. The summed E-state index contributed by atoms with van der Waals surface area (Å²) in [6, 6.07) is 6.39. The number of methoxy groups -OCH3 is 1. The molecule has 0 heterocycles. The maximum Gasteiger partial charge on any atom is 0.205 e. The fourth-order valence-corrected chi connectivity index (χ4v) is 4.83. The molecule has 0 atom stereocenters. The van der Waals surface area contributed by atoms with E-state index >= 15 is 0 Å². The highest BCUT2D eigenvalue weighted by atomic mass is 79.9. The molecule has 1 spiro atoms. The molecule has 2 aliphatic carbocycles. The Bertz CT molecular complexity index is 664. The SMILES string of the molecule is COC1CCC2(CC1)C(=NC#N)c1cc(Br)ccc1C2(C)C. The van der Waals surface area contributed by atoms with Crippen molar-refractivity contribution in [3.63, 3.8) is 0 Å². The summed E-state index contributed by atoms with van der Waals surface area (Å²) in [4.78, 5) is 4.29. The van der Waals surface area contributed by atoms with Gasteiger partial charge in [-0.15, -0.1) is 0 Å². The van der Waals surface area contributed by atoms with Gasteiger partial charge in [0.1, 0.15) is 0 Å². The second kappa shape index (κ2) is 5.47. The minimum absolute atomic E-state index is 0.0164. The van der Waals surface area contributed by atoms with Gasteiger partial charge < -0.3 is 4.74 Å². The lowest BCUT2D eigenvalue weighted by molar-refractivity contribution is 0.0293. The summed E-state index contributed by atoms with van der Waals surface area (Å²) >= 11 is 3.56. The zero-order valence-electron chi connectivity index (χ0n) is 13.3. The molecular formula is C18H21BrN2O. The van der Waals surface area contributed by atoms with Crippen molar-refractivity contribution in [3.05, 3.63) is 33.8 Å². The second-order valence-electron chi connectivity index (χ2n) is 6.89. The highest BCUT2D eigenvalue weighted by Crippen LogP contribution is 2.59. The predicted octanol–water partition coefficient (Wildman–Crippen LogP) is 4.59. The van der Waals surface area contributed by atoms with Gasteiger partial charge in [0.05, 0.1) is 11.8 Å². The Morgan fingerprint density at radius 3 is 2.59 bits per heavy atom. The van der Waals surface area contributed by atoms with Crippen molar-refractivity contribution < 1.29 is 4.74 Å². The van der Waals surface area contributed by atoms with Gasteiger partial charge in [-0.25, -0.2) is 0 Å². The Hall–Kier alpha value is -1.18. The summed E-state index contributed by atoms with van der Waals surface area (Å²) in [5.41, 5.74) is 3.35. The third-order valence-corrected chi connectivity index (χ3v) is 6.33. The fraction of sp³-hybridized carbons (Fsp3) is 0.556. The Morgan fingerprint density at radius 1 is 1.32 bits per heavy atom. The average Bonchev–Trinajstić information content (AvgIpc) is 2.67. The number of nitriles is 1. The molecule has 1 aromatic rings. The highest BCUT2D eigenvalue weighted by molar-refractivity contribution is 9.10. The van der Waals surface area contributed by atoms with E-state index < -0.39 is 0 Å². The maximum absolute atomic E-state index is 9.23. The summed E-state index contributed by atoms with van der Waals surface area (Å²) < 4.78 is 6.58. The molecule has 4 heteroatoms. The molecule has 1 fully saturated rings. The minimum atomic E-state index is -0.0547. The van der Waals surface area contributed by atoms with Gasteiger partial charge in [-0.2, -0.15) is 10.3 Å². The highest BCUT2D eigenvalue weighted by Gasteiger charge is 2.57. The van der Waals surface area contributed by atoms with Crippen LogP contribution in [-0.4, -0.2) is 18.9 Å². The molecule has 0 radical (unpaired) electrons. The van der Waals surface area contributed by atoms with Crippen molar-refractivity contribution in [3.8, 4) is 6.19 Å². The van der Waals surface area contributed by atoms with E-state index in [1.54, 1.807) is 7.11 Å². The van der Waals surface area contributed by atoms with Crippen LogP contribution in [0.1, 0.15) is 50.7 Å². The van der Waals surface area contributed by atoms with E-state index in [4.69, 9.17) is 4.74 Å². The molecule has 3 rings (SSSR count). The fourth-order valence-electron chi connectivity index (χ4n) is 4.47. The lowest BCUT2D eigenvalue weighted by Gasteiger charge is -2.46. The van der Waals surface area contributed by atoms with Crippen molar-refractivity contribution in [1.29, 1.82) is 5.26 Å². The first kappa shape index (κ1) is 15.7. The molecule has 0 saturated heterocycles. The Labute approximate surface area is 140 Å². The summed E-state index contributed by atoms with van der Waals surface area (Å²) in [6.07, 6.45) is 6.47. The first-order chi connectivity index (χ1) is 10.5. The van der Waals surface area contributed by atoms with Crippen molar-refractivity contribution in [2.75, 3.05) is 7.11 Å². The van der Waals surface area contributed by atoms with Crippen LogP contribution < -0.4 is 0 Å². The van der Waals surface area contributed by atoms with E-state index in [0.717, 1.165) is 41.4 Å². The number of halogens is 1. The molecular weight excluding hydrogens is 340 g/mol. The van der Waals surface area contributed by atoms with Crippen molar-refractivity contribution >= 4 is 21.6 Å².